The van der Waals surface area contributed by atoms with Crippen LogP contribution in [0.2, 0.25) is 0 Å². The van der Waals surface area contributed by atoms with Gasteiger partial charge in [0.2, 0.25) is 5.91 Å². The number of amides is 1. The number of carbonyl (C=O) groups is 1. The van der Waals surface area contributed by atoms with Crippen molar-refractivity contribution in [1.29, 1.82) is 0 Å². The molecule has 21 heavy (non-hydrogen) atoms. The van der Waals surface area contributed by atoms with E-state index in [9.17, 15) is 9.59 Å². The molecule has 0 aliphatic heterocycles. The normalized spacial score (nSPS) is 10.7. The predicted molar refractivity (Wildman–Crippen MR) is 75.6 cm³/mol. The van der Waals surface area contributed by atoms with Crippen LogP contribution in [0.5, 0.6) is 0 Å². The highest BCUT2D eigenvalue weighted by Crippen LogP contribution is 2.09. The fourth-order valence-corrected chi connectivity index (χ4v) is 2.06. The van der Waals surface area contributed by atoms with E-state index in [1.54, 1.807) is 32.7 Å². The van der Waals surface area contributed by atoms with Gasteiger partial charge >= 0.3 is 5.69 Å². The van der Waals surface area contributed by atoms with E-state index in [1.807, 2.05) is 0 Å². The molecule has 0 spiro atoms. The fourth-order valence-electron chi connectivity index (χ4n) is 2.06. The minimum Gasteiger partial charge on any atom is -0.338 e. The van der Waals surface area contributed by atoms with Crippen LogP contribution in [-0.4, -0.2) is 43.0 Å². The van der Waals surface area contributed by atoms with Gasteiger partial charge in [0, 0.05) is 24.0 Å². The Kier molecular flexibility index (Phi) is 4.15. The molecule has 0 aliphatic carbocycles. The molecular weight excluding hydrogens is 272 g/mol. The molecule has 0 atom stereocenters. The smallest absolute Gasteiger partial charge is 0.338 e. The maximum absolute atomic E-state index is 12.3. The largest absolute Gasteiger partial charge is 0.345 e. The van der Waals surface area contributed by atoms with Crippen LogP contribution < -0.4 is 5.69 Å². The van der Waals surface area contributed by atoms with Gasteiger partial charge in [-0.2, -0.15) is 10.1 Å². The first-order valence-corrected chi connectivity index (χ1v) is 6.55. The lowest BCUT2D eigenvalue weighted by Gasteiger charge is -2.16. The number of rotatable bonds is 4. The molecule has 0 saturated heterocycles. The molecule has 0 fully saturated rings. The van der Waals surface area contributed by atoms with Crippen LogP contribution in [0.1, 0.15) is 28.6 Å². The Morgan fingerprint density at radius 3 is 2.52 bits per heavy atom. The van der Waals surface area contributed by atoms with Gasteiger partial charge in [-0.15, -0.1) is 0 Å². The SMILES string of the molecule is Cc1nc(CN(C)C(=O)Cc2c(C)nc(=O)[nH]c2C)n[nH]1. The van der Waals surface area contributed by atoms with Crippen molar-refractivity contribution in [1.82, 2.24) is 30.0 Å². The van der Waals surface area contributed by atoms with Gasteiger partial charge in [0.1, 0.15) is 5.82 Å². The summed E-state index contributed by atoms with van der Waals surface area (Å²) in [5.74, 6) is 1.19. The summed E-state index contributed by atoms with van der Waals surface area (Å²) in [5.41, 5.74) is 1.60. The van der Waals surface area contributed by atoms with Gasteiger partial charge in [-0.3, -0.25) is 9.89 Å². The zero-order valence-corrected chi connectivity index (χ0v) is 12.5. The van der Waals surface area contributed by atoms with Gasteiger partial charge in [0.05, 0.1) is 13.0 Å². The maximum Gasteiger partial charge on any atom is 0.345 e. The first-order valence-electron chi connectivity index (χ1n) is 6.55. The van der Waals surface area contributed by atoms with Gasteiger partial charge in [0.25, 0.3) is 0 Å². The molecule has 2 rings (SSSR count). The Morgan fingerprint density at radius 1 is 1.24 bits per heavy atom. The molecule has 0 bridgehead atoms. The lowest BCUT2D eigenvalue weighted by atomic mass is 10.1. The zero-order chi connectivity index (χ0) is 15.6. The van der Waals surface area contributed by atoms with E-state index in [0.29, 0.717) is 29.6 Å². The lowest BCUT2D eigenvalue weighted by molar-refractivity contribution is -0.129. The number of nitrogens with one attached hydrogen (secondary N) is 2. The van der Waals surface area contributed by atoms with Crippen LogP contribution in [0, 0.1) is 20.8 Å². The van der Waals surface area contributed by atoms with Gasteiger partial charge in [-0.1, -0.05) is 0 Å². The third-order valence-electron chi connectivity index (χ3n) is 3.23. The van der Waals surface area contributed by atoms with Gasteiger partial charge in [-0.05, 0) is 20.8 Å². The standard InChI is InChI=1S/C13H18N6O2/c1-7-10(8(2)15-13(21)14-7)5-12(20)19(4)6-11-16-9(3)17-18-11/h5-6H2,1-4H3,(H,14,15,21)(H,16,17,18). The molecule has 1 amide bonds. The molecule has 2 N–H and O–H groups in total. The zero-order valence-electron chi connectivity index (χ0n) is 12.5. The van der Waals surface area contributed by atoms with E-state index >= 15 is 0 Å². The molecule has 2 heterocycles. The van der Waals surface area contributed by atoms with Crippen molar-refractivity contribution >= 4 is 5.91 Å². The Balaban J connectivity index is 2.09. The van der Waals surface area contributed by atoms with Crippen LogP contribution in [0.3, 0.4) is 0 Å². The third kappa shape index (κ3) is 3.53. The van der Waals surface area contributed by atoms with Gasteiger partial charge < -0.3 is 9.88 Å². The quantitative estimate of drug-likeness (QED) is 0.825. The molecule has 112 valence electrons. The number of aromatic amines is 2. The predicted octanol–water partition coefficient (Wildman–Crippen LogP) is 0.0144. The number of H-pyrrole nitrogens is 2. The average molecular weight is 290 g/mol. The molecule has 8 nitrogen and oxygen atoms in total. The second kappa shape index (κ2) is 5.86. The van der Waals surface area contributed by atoms with Crippen molar-refractivity contribution in [2.24, 2.45) is 0 Å². The van der Waals surface area contributed by atoms with Crippen molar-refractivity contribution in [2.45, 2.75) is 33.7 Å². The van der Waals surface area contributed by atoms with Gasteiger partial charge in [-0.25, -0.2) is 9.78 Å². The molecule has 0 aliphatic rings. The van der Waals surface area contributed by atoms with Crippen molar-refractivity contribution < 1.29 is 4.79 Å². The van der Waals surface area contributed by atoms with E-state index in [-0.39, 0.29) is 12.3 Å². The van der Waals surface area contributed by atoms with Crippen LogP contribution in [-0.2, 0) is 17.8 Å². The maximum atomic E-state index is 12.3. The summed E-state index contributed by atoms with van der Waals surface area (Å²) in [4.78, 5) is 35.6. The molecule has 0 aromatic carbocycles. The summed E-state index contributed by atoms with van der Waals surface area (Å²) in [7, 11) is 1.69. The second-order valence-corrected chi connectivity index (χ2v) is 4.99. The van der Waals surface area contributed by atoms with Crippen molar-refractivity contribution in [3.63, 3.8) is 0 Å². The monoisotopic (exact) mass is 290 g/mol. The van der Waals surface area contributed by atoms with E-state index in [0.717, 1.165) is 5.56 Å². The molecule has 0 saturated carbocycles. The number of hydrogen-bond donors (Lipinski definition) is 2. The minimum absolute atomic E-state index is 0.0856. The van der Waals surface area contributed by atoms with Crippen LogP contribution >= 0.6 is 0 Å². The molecule has 8 heteroatoms. The molecular formula is C13H18N6O2. The summed E-state index contributed by atoms with van der Waals surface area (Å²) in [5, 5.41) is 6.74. The summed E-state index contributed by atoms with van der Waals surface area (Å²) in [6, 6.07) is 0. The van der Waals surface area contributed by atoms with E-state index in [4.69, 9.17) is 0 Å². The molecule has 2 aromatic rings. The third-order valence-corrected chi connectivity index (χ3v) is 3.23. The Labute approximate surface area is 121 Å². The number of carbonyl (C=O) groups excluding carboxylic acids is 1. The summed E-state index contributed by atoms with van der Waals surface area (Å²) < 4.78 is 0. The number of nitrogens with zero attached hydrogens (tertiary/aromatic N) is 4. The Morgan fingerprint density at radius 2 is 1.95 bits per heavy atom. The average Bonchev–Trinajstić information content (AvgIpc) is 2.78. The van der Waals surface area contributed by atoms with Crippen LogP contribution in [0.25, 0.3) is 0 Å². The Hall–Kier alpha value is -2.51. The highest BCUT2D eigenvalue weighted by atomic mass is 16.2. The number of likely N-dealkylation sites (N-methyl/N-ethyl adjacent to an activating group) is 1. The van der Waals surface area contributed by atoms with Crippen molar-refractivity contribution in [2.75, 3.05) is 7.05 Å². The highest BCUT2D eigenvalue weighted by molar-refractivity contribution is 5.78. The number of hydrogen-bond acceptors (Lipinski definition) is 5. The minimum atomic E-state index is -0.397. The highest BCUT2D eigenvalue weighted by Gasteiger charge is 2.16. The first kappa shape index (κ1) is 14.9. The van der Waals surface area contributed by atoms with Gasteiger partial charge in [0.15, 0.2) is 5.82 Å². The topological polar surface area (TPSA) is 108 Å². The summed E-state index contributed by atoms with van der Waals surface area (Å²) in [6.07, 6.45) is 0.182. The molecule has 0 unspecified atom stereocenters. The number of aromatic nitrogens is 5. The summed E-state index contributed by atoms with van der Waals surface area (Å²) in [6.45, 7) is 5.62. The second-order valence-electron chi connectivity index (χ2n) is 4.99. The van der Waals surface area contributed by atoms with E-state index < -0.39 is 5.69 Å². The molecule has 0 radical (unpaired) electrons. The molecule has 2 aromatic heterocycles. The van der Waals surface area contributed by atoms with Crippen LogP contribution in [0.4, 0.5) is 0 Å². The van der Waals surface area contributed by atoms with Crippen molar-refractivity contribution in [3.05, 3.63) is 39.1 Å². The number of aryl methyl sites for hydroxylation is 3. The fraction of sp³-hybridized carbons (Fsp3) is 0.462. The van der Waals surface area contributed by atoms with E-state index in [2.05, 4.69) is 25.1 Å². The summed E-state index contributed by atoms with van der Waals surface area (Å²) >= 11 is 0. The van der Waals surface area contributed by atoms with Crippen LogP contribution in [0.15, 0.2) is 4.79 Å². The van der Waals surface area contributed by atoms with E-state index in [1.165, 1.54) is 0 Å². The van der Waals surface area contributed by atoms with Crippen molar-refractivity contribution in [3.8, 4) is 0 Å². The first-order chi connectivity index (χ1) is 9.86. The lowest BCUT2D eigenvalue weighted by Crippen LogP contribution is -2.29. The Bertz CT molecular complexity index is 691.